The van der Waals surface area contributed by atoms with Gasteiger partial charge in [0, 0.05) is 5.56 Å². The highest BCUT2D eigenvalue weighted by Gasteiger charge is 2.11. The molecular formula is C18H28ClNO2. The van der Waals surface area contributed by atoms with E-state index >= 15 is 0 Å². The molecule has 0 spiro atoms. The predicted molar refractivity (Wildman–Crippen MR) is 93.3 cm³/mol. The van der Waals surface area contributed by atoms with E-state index in [0.29, 0.717) is 17.7 Å². The zero-order valence-electron chi connectivity index (χ0n) is 13.5. The number of hydrogen-bond donors (Lipinski definition) is 2. The standard InChI is InChI=1S/C18H28ClNO2/c1-2-3-4-5-6-7-8-9-10-14-17(20-22)15-12-11-13-16(19)18(15)21/h11-13,21-22H,2-10,14H2,1H3/b20-17+. The third-order valence-corrected chi connectivity index (χ3v) is 4.24. The normalized spacial score (nSPS) is 11.8. The van der Waals surface area contributed by atoms with Crippen molar-refractivity contribution in [3.8, 4) is 5.75 Å². The summed E-state index contributed by atoms with van der Waals surface area (Å²) in [7, 11) is 0. The highest BCUT2D eigenvalue weighted by Crippen LogP contribution is 2.28. The lowest BCUT2D eigenvalue weighted by atomic mass is 10.0. The highest BCUT2D eigenvalue weighted by molar-refractivity contribution is 6.32. The van der Waals surface area contributed by atoms with Gasteiger partial charge in [0.05, 0.1) is 10.7 Å². The molecule has 1 aromatic rings. The van der Waals surface area contributed by atoms with Crippen molar-refractivity contribution in [2.45, 2.75) is 71.1 Å². The van der Waals surface area contributed by atoms with Gasteiger partial charge in [-0.15, -0.1) is 0 Å². The van der Waals surface area contributed by atoms with E-state index in [0.717, 1.165) is 12.8 Å². The van der Waals surface area contributed by atoms with Crippen molar-refractivity contribution >= 4 is 17.3 Å². The van der Waals surface area contributed by atoms with Gasteiger partial charge in [0.25, 0.3) is 0 Å². The van der Waals surface area contributed by atoms with Gasteiger partial charge in [-0.3, -0.25) is 0 Å². The second-order valence-corrected chi connectivity index (χ2v) is 6.17. The van der Waals surface area contributed by atoms with Crippen LogP contribution in [0, 0.1) is 0 Å². The van der Waals surface area contributed by atoms with E-state index in [1.165, 1.54) is 44.9 Å². The number of nitrogens with zero attached hydrogens (tertiary/aromatic N) is 1. The fourth-order valence-corrected chi connectivity index (χ4v) is 2.76. The average molecular weight is 326 g/mol. The molecule has 0 atom stereocenters. The minimum atomic E-state index is -0.00658. The number of oxime groups is 1. The molecular weight excluding hydrogens is 298 g/mol. The van der Waals surface area contributed by atoms with Crippen molar-refractivity contribution in [2.24, 2.45) is 5.16 Å². The monoisotopic (exact) mass is 325 g/mol. The number of para-hydroxylation sites is 1. The summed E-state index contributed by atoms with van der Waals surface area (Å²) in [6, 6.07) is 5.09. The summed E-state index contributed by atoms with van der Waals surface area (Å²) >= 11 is 5.88. The molecule has 22 heavy (non-hydrogen) atoms. The Morgan fingerprint density at radius 3 is 2.18 bits per heavy atom. The number of unbranched alkanes of at least 4 members (excludes halogenated alkanes) is 8. The summed E-state index contributed by atoms with van der Waals surface area (Å²) in [6.45, 7) is 2.23. The van der Waals surface area contributed by atoms with Crippen LogP contribution in [-0.4, -0.2) is 16.0 Å². The van der Waals surface area contributed by atoms with E-state index in [1.54, 1.807) is 18.2 Å². The smallest absolute Gasteiger partial charge is 0.143 e. The van der Waals surface area contributed by atoms with E-state index in [-0.39, 0.29) is 10.8 Å². The zero-order chi connectivity index (χ0) is 16.2. The molecule has 124 valence electrons. The summed E-state index contributed by atoms with van der Waals surface area (Å²) in [4.78, 5) is 0. The molecule has 2 N–H and O–H groups in total. The van der Waals surface area contributed by atoms with Gasteiger partial charge in [-0.1, -0.05) is 81.1 Å². The average Bonchev–Trinajstić information content (AvgIpc) is 2.53. The van der Waals surface area contributed by atoms with Crippen LogP contribution in [0.4, 0.5) is 0 Å². The molecule has 0 aliphatic heterocycles. The van der Waals surface area contributed by atoms with E-state index in [4.69, 9.17) is 16.8 Å². The number of phenolic OH excluding ortho intramolecular Hbond substituents is 1. The number of aromatic hydroxyl groups is 1. The van der Waals surface area contributed by atoms with Gasteiger partial charge >= 0.3 is 0 Å². The van der Waals surface area contributed by atoms with Crippen LogP contribution in [0.25, 0.3) is 0 Å². The summed E-state index contributed by atoms with van der Waals surface area (Å²) in [6.07, 6.45) is 11.9. The Hall–Kier alpha value is -1.22. The first-order valence-electron chi connectivity index (χ1n) is 8.39. The van der Waals surface area contributed by atoms with E-state index in [9.17, 15) is 5.11 Å². The van der Waals surface area contributed by atoms with Crippen molar-refractivity contribution in [3.05, 3.63) is 28.8 Å². The molecule has 0 aliphatic carbocycles. The van der Waals surface area contributed by atoms with Crippen molar-refractivity contribution in [2.75, 3.05) is 0 Å². The number of halogens is 1. The molecule has 0 fully saturated rings. The van der Waals surface area contributed by atoms with E-state index < -0.39 is 0 Å². The number of benzene rings is 1. The minimum absolute atomic E-state index is 0.00658. The Kier molecular flexibility index (Phi) is 9.72. The second kappa shape index (κ2) is 11.4. The van der Waals surface area contributed by atoms with Crippen molar-refractivity contribution < 1.29 is 10.3 Å². The maximum Gasteiger partial charge on any atom is 0.143 e. The largest absolute Gasteiger partial charge is 0.506 e. The molecule has 0 aliphatic rings. The van der Waals surface area contributed by atoms with Crippen LogP contribution in [0.5, 0.6) is 5.75 Å². The molecule has 0 aromatic heterocycles. The van der Waals surface area contributed by atoms with Gasteiger partial charge in [-0.25, -0.2) is 0 Å². The van der Waals surface area contributed by atoms with Crippen LogP contribution < -0.4 is 0 Å². The number of phenols is 1. The van der Waals surface area contributed by atoms with Crippen LogP contribution in [-0.2, 0) is 0 Å². The molecule has 1 aromatic carbocycles. The molecule has 0 saturated carbocycles. The summed E-state index contributed by atoms with van der Waals surface area (Å²) in [5.41, 5.74) is 1.03. The quantitative estimate of drug-likeness (QED) is 0.222. The van der Waals surface area contributed by atoms with Crippen LogP contribution in [0.2, 0.25) is 5.02 Å². The Labute approximate surface area is 139 Å². The first-order valence-corrected chi connectivity index (χ1v) is 8.77. The van der Waals surface area contributed by atoms with Crippen LogP contribution in [0.3, 0.4) is 0 Å². The highest BCUT2D eigenvalue weighted by atomic mass is 35.5. The van der Waals surface area contributed by atoms with Gasteiger partial charge in [0.1, 0.15) is 5.75 Å². The second-order valence-electron chi connectivity index (χ2n) is 5.76. The maximum absolute atomic E-state index is 9.92. The van der Waals surface area contributed by atoms with Gasteiger partial charge in [-0.05, 0) is 25.0 Å². The molecule has 0 amide bonds. The first kappa shape index (κ1) is 18.8. The van der Waals surface area contributed by atoms with Crippen LogP contribution in [0.1, 0.15) is 76.7 Å². The summed E-state index contributed by atoms with van der Waals surface area (Å²) in [5, 5.41) is 22.7. The SMILES string of the molecule is CCCCCCCCCCC/C(=N\O)c1cccc(Cl)c1O. The Balaban J connectivity index is 2.24. The minimum Gasteiger partial charge on any atom is -0.506 e. The third kappa shape index (κ3) is 6.69. The molecule has 0 unspecified atom stereocenters. The van der Waals surface area contributed by atoms with Gasteiger partial charge in [0.2, 0.25) is 0 Å². The molecule has 1 rings (SSSR count). The fraction of sp³-hybridized carbons (Fsp3) is 0.611. The molecule has 0 heterocycles. The van der Waals surface area contributed by atoms with Crippen molar-refractivity contribution in [3.63, 3.8) is 0 Å². The number of rotatable bonds is 11. The van der Waals surface area contributed by atoms with Crippen LogP contribution in [0.15, 0.2) is 23.4 Å². The maximum atomic E-state index is 9.92. The van der Waals surface area contributed by atoms with Crippen molar-refractivity contribution in [1.82, 2.24) is 0 Å². The Bertz CT molecular complexity index is 460. The van der Waals surface area contributed by atoms with E-state index in [2.05, 4.69) is 12.1 Å². The topological polar surface area (TPSA) is 52.8 Å². The predicted octanol–water partition coefficient (Wildman–Crippen LogP) is 6.14. The molecule has 0 radical (unpaired) electrons. The zero-order valence-corrected chi connectivity index (χ0v) is 14.3. The Morgan fingerprint density at radius 1 is 1.00 bits per heavy atom. The first-order chi connectivity index (χ1) is 10.7. The van der Waals surface area contributed by atoms with Gasteiger partial charge in [-0.2, -0.15) is 0 Å². The lowest BCUT2D eigenvalue weighted by Gasteiger charge is -2.08. The number of hydrogen-bond acceptors (Lipinski definition) is 3. The molecule has 0 saturated heterocycles. The van der Waals surface area contributed by atoms with Gasteiger partial charge in [0.15, 0.2) is 0 Å². The molecule has 0 bridgehead atoms. The Morgan fingerprint density at radius 2 is 1.59 bits per heavy atom. The van der Waals surface area contributed by atoms with Gasteiger partial charge < -0.3 is 10.3 Å². The van der Waals surface area contributed by atoms with Crippen molar-refractivity contribution in [1.29, 1.82) is 0 Å². The lowest BCUT2D eigenvalue weighted by Crippen LogP contribution is -2.02. The van der Waals surface area contributed by atoms with Crippen LogP contribution >= 0.6 is 11.6 Å². The fourth-order valence-electron chi connectivity index (χ4n) is 2.59. The summed E-state index contributed by atoms with van der Waals surface area (Å²) in [5.74, 6) is -0.00658. The lowest BCUT2D eigenvalue weighted by molar-refractivity contribution is 0.317. The molecule has 3 nitrogen and oxygen atoms in total. The summed E-state index contributed by atoms with van der Waals surface area (Å²) < 4.78 is 0. The molecule has 4 heteroatoms. The van der Waals surface area contributed by atoms with E-state index in [1.807, 2.05) is 0 Å². The third-order valence-electron chi connectivity index (χ3n) is 3.94.